The number of rotatable bonds is 3. The van der Waals surface area contributed by atoms with Crippen LogP contribution in [0.5, 0.6) is 5.75 Å². The van der Waals surface area contributed by atoms with Crippen LogP contribution in [-0.4, -0.2) is 26.7 Å². The van der Waals surface area contributed by atoms with E-state index in [1.807, 2.05) is 45.0 Å². The number of methoxy groups -OCH3 is 1. The summed E-state index contributed by atoms with van der Waals surface area (Å²) in [6.07, 6.45) is 0. The van der Waals surface area contributed by atoms with Gasteiger partial charge in [0, 0.05) is 23.0 Å². The van der Waals surface area contributed by atoms with Gasteiger partial charge in [0.1, 0.15) is 5.75 Å². The van der Waals surface area contributed by atoms with Gasteiger partial charge in [-0.1, -0.05) is 18.2 Å². The summed E-state index contributed by atoms with van der Waals surface area (Å²) in [7, 11) is 1.60. The van der Waals surface area contributed by atoms with Crippen molar-refractivity contribution in [3.05, 3.63) is 74.1 Å². The minimum Gasteiger partial charge on any atom is -0.496 e. The van der Waals surface area contributed by atoms with Crippen molar-refractivity contribution in [2.24, 2.45) is 0 Å². The lowest BCUT2D eigenvalue weighted by Gasteiger charge is -2.08. The van der Waals surface area contributed by atoms with Crippen molar-refractivity contribution in [2.45, 2.75) is 20.8 Å². The van der Waals surface area contributed by atoms with E-state index in [0.717, 1.165) is 28.1 Å². The molecule has 0 spiro atoms. The highest BCUT2D eigenvalue weighted by molar-refractivity contribution is 5.84. The van der Waals surface area contributed by atoms with Crippen molar-refractivity contribution in [1.82, 2.24) is 19.6 Å². The SMILES string of the molecule is COc1ccccc1-c1c(C)[nH]n2c(=O)cc(-c3cc(C)c(C)[nH]c3=O)nc12. The van der Waals surface area contributed by atoms with Crippen LogP contribution in [0.25, 0.3) is 28.0 Å². The van der Waals surface area contributed by atoms with E-state index in [-0.39, 0.29) is 11.1 Å². The molecule has 0 fully saturated rings. The third kappa shape index (κ3) is 2.72. The van der Waals surface area contributed by atoms with E-state index in [2.05, 4.69) is 15.1 Å². The van der Waals surface area contributed by atoms with Gasteiger partial charge in [0.25, 0.3) is 11.1 Å². The molecule has 3 heterocycles. The highest BCUT2D eigenvalue weighted by Gasteiger charge is 2.19. The average Bonchev–Trinajstić information content (AvgIpc) is 3.01. The highest BCUT2D eigenvalue weighted by Crippen LogP contribution is 2.34. The molecule has 0 radical (unpaired) electrons. The fourth-order valence-corrected chi connectivity index (χ4v) is 3.38. The molecule has 0 saturated heterocycles. The van der Waals surface area contributed by atoms with Gasteiger partial charge >= 0.3 is 0 Å². The Labute approximate surface area is 160 Å². The Morgan fingerprint density at radius 3 is 2.50 bits per heavy atom. The van der Waals surface area contributed by atoms with Gasteiger partial charge in [-0.05, 0) is 38.5 Å². The first-order valence-corrected chi connectivity index (χ1v) is 8.87. The van der Waals surface area contributed by atoms with Crippen LogP contribution in [0.3, 0.4) is 0 Å². The molecule has 0 saturated carbocycles. The number of aryl methyl sites for hydroxylation is 3. The van der Waals surface area contributed by atoms with Gasteiger partial charge in [-0.2, -0.15) is 0 Å². The fraction of sp³-hybridized carbons (Fsp3) is 0.190. The highest BCUT2D eigenvalue weighted by atomic mass is 16.5. The number of benzene rings is 1. The largest absolute Gasteiger partial charge is 0.496 e. The first-order chi connectivity index (χ1) is 13.4. The Bertz CT molecular complexity index is 1330. The number of H-pyrrole nitrogens is 2. The number of aromatic amines is 2. The molecule has 2 N–H and O–H groups in total. The summed E-state index contributed by atoms with van der Waals surface area (Å²) >= 11 is 0. The van der Waals surface area contributed by atoms with Gasteiger partial charge in [0.05, 0.1) is 23.9 Å². The summed E-state index contributed by atoms with van der Waals surface area (Å²) in [4.78, 5) is 32.7. The third-order valence-electron chi connectivity index (χ3n) is 4.95. The second-order valence-corrected chi connectivity index (χ2v) is 6.77. The lowest BCUT2D eigenvalue weighted by molar-refractivity contribution is 0.416. The number of para-hydroxylation sites is 1. The Balaban J connectivity index is 2.05. The van der Waals surface area contributed by atoms with Crippen molar-refractivity contribution in [2.75, 3.05) is 7.11 Å². The molecule has 4 rings (SSSR count). The molecule has 0 amide bonds. The Morgan fingerprint density at radius 2 is 1.75 bits per heavy atom. The number of hydrogen-bond donors (Lipinski definition) is 2. The molecule has 3 aromatic heterocycles. The number of nitrogens with one attached hydrogen (secondary N) is 2. The average molecular weight is 376 g/mol. The zero-order valence-electron chi connectivity index (χ0n) is 16.1. The van der Waals surface area contributed by atoms with E-state index in [1.54, 1.807) is 13.2 Å². The smallest absolute Gasteiger partial charge is 0.273 e. The molecular formula is C21H20N4O3. The van der Waals surface area contributed by atoms with Gasteiger partial charge in [0.2, 0.25) is 0 Å². The summed E-state index contributed by atoms with van der Waals surface area (Å²) in [5.74, 6) is 0.677. The number of aromatic nitrogens is 4. The molecule has 142 valence electrons. The zero-order chi connectivity index (χ0) is 20.0. The molecule has 7 nitrogen and oxygen atoms in total. The van der Waals surface area contributed by atoms with Crippen LogP contribution in [0.4, 0.5) is 0 Å². The quantitative estimate of drug-likeness (QED) is 0.575. The maximum Gasteiger partial charge on any atom is 0.273 e. The van der Waals surface area contributed by atoms with E-state index >= 15 is 0 Å². The number of pyridine rings is 1. The van der Waals surface area contributed by atoms with Gasteiger partial charge in [-0.15, -0.1) is 0 Å². The van der Waals surface area contributed by atoms with Crippen molar-refractivity contribution in [1.29, 1.82) is 0 Å². The number of ether oxygens (including phenoxy) is 1. The first kappa shape index (κ1) is 17.8. The summed E-state index contributed by atoms with van der Waals surface area (Å²) < 4.78 is 6.87. The third-order valence-corrected chi connectivity index (χ3v) is 4.95. The molecule has 0 bridgehead atoms. The predicted molar refractivity (Wildman–Crippen MR) is 108 cm³/mol. The summed E-state index contributed by atoms with van der Waals surface area (Å²) in [6, 6.07) is 10.7. The number of nitrogens with zero attached hydrogens (tertiary/aromatic N) is 2. The van der Waals surface area contributed by atoms with E-state index in [9.17, 15) is 9.59 Å². The number of hydrogen-bond acceptors (Lipinski definition) is 4. The maximum atomic E-state index is 12.7. The number of fused-ring (bicyclic) bond motifs is 1. The van der Waals surface area contributed by atoms with E-state index < -0.39 is 0 Å². The fourth-order valence-electron chi connectivity index (χ4n) is 3.38. The van der Waals surface area contributed by atoms with Gasteiger partial charge in [0.15, 0.2) is 5.65 Å². The Hall–Kier alpha value is -3.61. The lowest BCUT2D eigenvalue weighted by atomic mass is 10.0. The van der Waals surface area contributed by atoms with Gasteiger partial charge < -0.3 is 9.72 Å². The molecule has 1 aromatic carbocycles. The molecule has 0 aliphatic rings. The second kappa shape index (κ2) is 6.53. The van der Waals surface area contributed by atoms with E-state index in [4.69, 9.17) is 4.74 Å². The normalized spacial score (nSPS) is 11.1. The topological polar surface area (TPSA) is 92.2 Å². The standard InChI is InChI=1S/C21H20N4O3/c1-11-9-15(21(27)22-12(11)2)16-10-18(26)25-20(23-16)19(13(3)24-25)14-7-5-6-8-17(14)28-4/h5-10,24H,1-4H3,(H,22,27). The van der Waals surface area contributed by atoms with Crippen LogP contribution in [0.1, 0.15) is 17.0 Å². The molecule has 0 unspecified atom stereocenters. The zero-order valence-corrected chi connectivity index (χ0v) is 16.1. The molecule has 0 atom stereocenters. The Kier molecular flexibility index (Phi) is 4.15. The van der Waals surface area contributed by atoms with Crippen molar-refractivity contribution < 1.29 is 4.74 Å². The van der Waals surface area contributed by atoms with Crippen LogP contribution in [0, 0.1) is 20.8 Å². The van der Waals surface area contributed by atoms with Crippen LogP contribution in [-0.2, 0) is 0 Å². The van der Waals surface area contributed by atoms with Crippen molar-refractivity contribution >= 4 is 5.65 Å². The molecule has 28 heavy (non-hydrogen) atoms. The summed E-state index contributed by atoms with van der Waals surface area (Å²) in [5, 5.41) is 3.06. The lowest BCUT2D eigenvalue weighted by Crippen LogP contribution is -2.18. The Morgan fingerprint density at radius 1 is 1.00 bits per heavy atom. The molecular weight excluding hydrogens is 356 g/mol. The minimum absolute atomic E-state index is 0.273. The van der Waals surface area contributed by atoms with E-state index in [0.29, 0.717) is 22.7 Å². The van der Waals surface area contributed by atoms with Gasteiger partial charge in [-0.3, -0.25) is 14.7 Å². The molecule has 4 aromatic rings. The van der Waals surface area contributed by atoms with Crippen LogP contribution < -0.4 is 15.9 Å². The van der Waals surface area contributed by atoms with Crippen molar-refractivity contribution in [3.63, 3.8) is 0 Å². The molecule has 0 aliphatic heterocycles. The van der Waals surface area contributed by atoms with Crippen LogP contribution in [0.15, 0.2) is 46.0 Å². The monoisotopic (exact) mass is 376 g/mol. The predicted octanol–water partition coefficient (Wildman–Crippen LogP) is 2.98. The minimum atomic E-state index is -0.290. The second-order valence-electron chi connectivity index (χ2n) is 6.77. The maximum absolute atomic E-state index is 12.7. The molecule has 7 heteroatoms. The van der Waals surface area contributed by atoms with Crippen molar-refractivity contribution in [3.8, 4) is 28.1 Å². The van der Waals surface area contributed by atoms with Crippen LogP contribution >= 0.6 is 0 Å². The molecule has 0 aliphatic carbocycles. The van der Waals surface area contributed by atoms with Gasteiger partial charge in [-0.25, -0.2) is 9.50 Å². The summed E-state index contributed by atoms with van der Waals surface area (Å²) in [5.41, 5.74) is 4.66. The summed E-state index contributed by atoms with van der Waals surface area (Å²) in [6.45, 7) is 5.61. The first-order valence-electron chi connectivity index (χ1n) is 8.87. The van der Waals surface area contributed by atoms with E-state index in [1.165, 1.54) is 10.6 Å². The van der Waals surface area contributed by atoms with Crippen LogP contribution in [0.2, 0.25) is 0 Å².